The Bertz CT molecular complexity index is 1050. The lowest BCUT2D eigenvalue weighted by Gasteiger charge is -2.03. The maximum absolute atomic E-state index is 12.3. The second-order valence-corrected chi connectivity index (χ2v) is 6.17. The van der Waals surface area contributed by atoms with Gasteiger partial charge in [-0.2, -0.15) is 0 Å². The van der Waals surface area contributed by atoms with Crippen LogP contribution in [0.4, 0.5) is 17.4 Å². The minimum Gasteiger partial charge on any atom is -0.481 e. The van der Waals surface area contributed by atoms with Gasteiger partial charge in [-0.15, -0.1) is 5.10 Å². The summed E-state index contributed by atoms with van der Waals surface area (Å²) in [6.45, 7) is 3.97. The highest BCUT2D eigenvalue weighted by Crippen LogP contribution is 2.18. The van der Waals surface area contributed by atoms with Crippen LogP contribution in [-0.2, 0) is 0 Å². The first kappa shape index (κ1) is 19.8. The molecule has 2 aromatic heterocycles. The summed E-state index contributed by atoms with van der Waals surface area (Å²) in [7, 11) is 1.52. The fourth-order valence-corrected chi connectivity index (χ4v) is 2.36. The number of nitrogens with zero attached hydrogens (tertiary/aromatic N) is 3. The fourth-order valence-electron chi connectivity index (χ4n) is 2.36. The van der Waals surface area contributed by atoms with Crippen LogP contribution in [0.5, 0.6) is 5.88 Å². The van der Waals surface area contributed by atoms with Gasteiger partial charge < -0.3 is 19.8 Å². The molecule has 0 saturated carbocycles. The lowest BCUT2D eigenvalue weighted by Crippen LogP contribution is -2.12. The first-order valence-electron chi connectivity index (χ1n) is 8.87. The van der Waals surface area contributed by atoms with Crippen molar-refractivity contribution in [2.24, 2.45) is 0 Å². The first-order valence-corrected chi connectivity index (χ1v) is 8.87. The number of carbonyl (C=O) groups is 1. The van der Waals surface area contributed by atoms with E-state index in [-0.39, 0.29) is 11.9 Å². The quantitative estimate of drug-likeness (QED) is 0.671. The van der Waals surface area contributed by atoms with Crippen molar-refractivity contribution in [3.8, 4) is 5.88 Å². The lowest BCUT2D eigenvalue weighted by atomic mass is 10.2. The van der Waals surface area contributed by atoms with Crippen molar-refractivity contribution in [2.75, 3.05) is 17.7 Å². The Balaban J connectivity index is 1.76. The molecule has 8 heteroatoms. The topological polar surface area (TPSA) is 102 Å². The van der Waals surface area contributed by atoms with Crippen LogP contribution in [0.1, 0.15) is 21.8 Å². The number of rotatable bonds is 5. The smallest absolute Gasteiger partial charge is 0.320 e. The van der Waals surface area contributed by atoms with Crippen LogP contribution in [0, 0.1) is 13.8 Å². The number of anilines is 3. The average Bonchev–Trinajstić information content (AvgIpc) is 3.19. The van der Waals surface area contributed by atoms with Crippen molar-refractivity contribution in [1.29, 1.82) is 0 Å². The summed E-state index contributed by atoms with van der Waals surface area (Å²) in [4.78, 5) is 16.3. The van der Waals surface area contributed by atoms with Crippen molar-refractivity contribution in [3.63, 3.8) is 0 Å². The molecule has 3 rings (SSSR count). The van der Waals surface area contributed by atoms with Crippen LogP contribution < -0.4 is 15.4 Å². The highest BCUT2D eigenvalue weighted by molar-refractivity contribution is 6.00. The number of pyridine rings is 1. The number of methoxy groups -OCH3 is 1. The summed E-state index contributed by atoms with van der Waals surface area (Å²) >= 11 is 0. The number of hydrogen-bond acceptors (Lipinski definition) is 7. The molecule has 2 heterocycles. The first-order chi connectivity index (χ1) is 14.0. The second kappa shape index (κ2) is 9.32. The van der Waals surface area contributed by atoms with E-state index in [1.54, 1.807) is 12.1 Å². The molecule has 0 unspecified atom stereocenters. The number of aryl methyl sites for hydroxylation is 2. The number of aromatic nitrogens is 3. The van der Waals surface area contributed by atoms with Crippen molar-refractivity contribution in [1.82, 2.24) is 15.2 Å². The Labute approximate surface area is 168 Å². The molecule has 0 saturated heterocycles. The summed E-state index contributed by atoms with van der Waals surface area (Å²) < 4.78 is 10.4. The van der Waals surface area contributed by atoms with E-state index in [0.29, 0.717) is 11.6 Å². The van der Waals surface area contributed by atoms with Crippen LogP contribution in [0.3, 0.4) is 0 Å². The lowest BCUT2D eigenvalue weighted by molar-refractivity contribution is 0.0991. The predicted octanol–water partition coefficient (Wildman–Crippen LogP) is 4.21. The monoisotopic (exact) mass is 391 g/mol. The average molecular weight is 391 g/mol. The third-order valence-electron chi connectivity index (χ3n) is 3.93. The number of ether oxygens (including phenoxy) is 1. The van der Waals surface area contributed by atoms with Crippen LogP contribution in [0.15, 0.2) is 65.2 Å². The van der Waals surface area contributed by atoms with E-state index in [1.165, 1.54) is 13.3 Å². The van der Waals surface area contributed by atoms with Crippen molar-refractivity contribution < 1.29 is 13.9 Å². The molecule has 1 amide bonds. The third kappa shape index (κ3) is 5.52. The van der Waals surface area contributed by atoms with E-state index in [2.05, 4.69) is 25.8 Å². The Morgan fingerprint density at radius 2 is 1.79 bits per heavy atom. The Kier molecular flexibility index (Phi) is 6.36. The van der Waals surface area contributed by atoms with E-state index in [1.807, 2.05) is 56.3 Å². The zero-order valence-electron chi connectivity index (χ0n) is 16.3. The minimum atomic E-state index is -0.534. The van der Waals surface area contributed by atoms with Gasteiger partial charge in [0.05, 0.1) is 19.0 Å². The Morgan fingerprint density at radius 1 is 1.00 bits per heavy atom. The largest absolute Gasteiger partial charge is 0.481 e. The molecule has 0 aliphatic heterocycles. The van der Waals surface area contributed by atoms with Crippen molar-refractivity contribution in [2.45, 2.75) is 13.8 Å². The van der Waals surface area contributed by atoms with Crippen LogP contribution in [0.25, 0.3) is 0 Å². The van der Waals surface area contributed by atoms with Gasteiger partial charge >= 0.3 is 17.8 Å². The molecule has 0 fully saturated rings. The molecular weight excluding hydrogens is 370 g/mol. The SMILES string of the molecule is COc1ccc(NC(=O)c2nnc(Nc3cccc(C)ccccc3C)o2)cn1. The van der Waals surface area contributed by atoms with Gasteiger partial charge in [0.25, 0.3) is 0 Å². The summed E-state index contributed by atoms with van der Waals surface area (Å²) in [6, 6.07) is 17.1. The van der Waals surface area contributed by atoms with Crippen LogP contribution in [-0.4, -0.2) is 28.2 Å². The van der Waals surface area contributed by atoms with Gasteiger partial charge in [-0.3, -0.25) is 4.79 Å². The normalized spacial score (nSPS) is 10.0. The van der Waals surface area contributed by atoms with Gasteiger partial charge in [0, 0.05) is 11.8 Å². The van der Waals surface area contributed by atoms with Gasteiger partial charge in [0.1, 0.15) is 0 Å². The predicted molar refractivity (Wildman–Crippen MR) is 110 cm³/mol. The van der Waals surface area contributed by atoms with Gasteiger partial charge in [-0.05, 0) is 31.5 Å². The second-order valence-electron chi connectivity index (χ2n) is 6.17. The molecule has 29 heavy (non-hydrogen) atoms. The van der Waals surface area contributed by atoms with Gasteiger partial charge in [-0.1, -0.05) is 47.1 Å². The van der Waals surface area contributed by atoms with E-state index in [9.17, 15) is 4.79 Å². The number of nitrogens with one attached hydrogen (secondary N) is 2. The molecule has 3 aromatic rings. The number of amides is 1. The molecule has 0 aliphatic carbocycles. The highest BCUT2D eigenvalue weighted by atomic mass is 16.5. The molecular formula is C21H21N5O3. The van der Waals surface area contributed by atoms with E-state index < -0.39 is 5.91 Å². The van der Waals surface area contributed by atoms with Crippen LogP contribution >= 0.6 is 0 Å². The molecule has 0 aliphatic rings. The Hall–Kier alpha value is -3.94. The zero-order valence-corrected chi connectivity index (χ0v) is 16.3. The molecule has 8 nitrogen and oxygen atoms in total. The number of carbonyl (C=O) groups excluding carboxylic acids is 1. The van der Waals surface area contributed by atoms with E-state index in [4.69, 9.17) is 9.15 Å². The molecule has 0 atom stereocenters. The van der Waals surface area contributed by atoms with Crippen molar-refractivity contribution >= 4 is 23.3 Å². The third-order valence-corrected chi connectivity index (χ3v) is 3.93. The molecule has 0 bridgehead atoms. The molecule has 2 N–H and O–H groups in total. The fraction of sp³-hybridized carbons (Fsp3) is 0.143. The summed E-state index contributed by atoms with van der Waals surface area (Å²) in [5.41, 5.74) is 3.34. The minimum absolute atomic E-state index is 0.115. The maximum atomic E-state index is 12.3. The molecule has 0 spiro atoms. The van der Waals surface area contributed by atoms with E-state index >= 15 is 0 Å². The Morgan fingerprint density at radius 3 is 2.55 bits per heavy atom. The standard InChI is InChI=1S/C21H21N5O3/c1-14-7-4-5-9-15(2)17(10-6-8-14)24-21-26-25-20(29-21)19(27)23-16-11-12-18(28-3)22-13-16/h4-13H,1-3H3,(H,23,27)(H,24,26). The zero-order chi connectivity index (χ0) is 20.6. The summed E-state index contributed by atoms with van der Waals surface area (Å²) in [6.07, 6.45) is 1.47. The molecule has 148 valence electrons. The van der Waals surface area contributed by atoms with Gasteiger partial charge in [-0.25, -0.2) is 4.98 Å². The molecule has 1 aromatic carbocycles. The summed E-state index contributed by atoms with van der Waals surface area (Å²) in [5, 5.41) is 13.4. The summed E-state index contributed by atoms with van der Waals surface area (Å²) in [5.74, 6) is -0.253. The van der Waals surface area contributed by atoms with Crippen molar-refractivity contribution in [3.05, 3.63) is 77.8 Å². The van der Waals surface area contributed by atoms with Crippen LogP contribution in [0.2, 0.25) is 0 Å². The van der Waals surface area contributed by atoms with E-state index in [0.717, 1.165) is 16.8 Å². The van der Waals surface area contributed by atoms with Gasteiger partial charge in [0.15, 0.2) is 0 Å². The number of hydrogen-bond donors (Lipinski definition) is 2. The molecule has 0 radical (unpaired) electrons. The maximum Gasteiger partial charge on any atom is 0.320 e. The highest BCUT2D eigenvalue weighted by Gasteiger charge is 2.15. The van der Waals surface area contributed by atoms with Gasteiger partial charge in [0.2, 0.25) is 5.88 Å².